The van der Waals surface area contributed by atoms with Crippen molar-refractivity contribution in [1.29, 1.82) is 0 Å². The number of imide groups is 1. The van der Waals surface area contributed by atoms with E-state index < -0.39 is 11.8 Å². The van der Waals surface area contributed by atoms with Crippen molar-refractivity contribution in [2.24, 2.45) is 0 Å². The van der Waals surface area contributed by atoms with Gasteiger partial charge in [-0.2, -0.15) is 0 Å². The molecule has 0 spiro atoms. The Balaban J connectivity index is 2.22. The van der Waals surface area contributed by atoms with Crippen molar-refractivity contribution in [2.75, 3.05) is 0 Å². The van der Waals surface area contributed by atoms with Gasteiger partial charge >= 0.3 is 0 Å². The lowest BCUT2D eigenvalue weighted by atomic mass is 10.2. The number of amides is 2. The van der Waals surface area contributed by atoms with E-state index >= 15 is 0 Å². The minimum absolute atomic E-state index is 0.124. The van der Waals surface area contributed by atoms with Crippen LogP contribution in [0.5, 0.6) is 0 Å². The number of nitrogens with one attached hydrogen (secondary N) is 1. The molecular weight excluding hydrogens is 218 g/mol. The molecule has 4 heteroatoms. The summed E-state index contributed by atoms with van der Waals surface area (Å²) >= 11 is 0. The van der Waals surface area contributed by atoms with Gasteiger partial charge in [-0.05, 0) is 12.1 Å². The maximum atomic E-state index is 11.5. The highest BCUT2D eigenvalue weighted by Crippen LogP contribution is 2.21. The van der Waals surface area contributed by atoms with E-state index in [4.69, 9.17) is 4.42 Å². The average molecular weight is 229 g/mol. The number of hydrogen-bond acceptors (Lipinski definition) is 3. The summed E-state index contributed by atoms with van der Waals surface area (Å²) in [5, 5.41) is 2.15. The second-order valence-corrected chi connectivity index (χ2v) is 3.54. The molecule has 0 unspecified atom stereocenters. The normalized spacial score (nSPS) is 9.94. The van der Waals surface area contributed by atoms with Gasteiger partial charge < -0.3 is 4.42 Å². The highest BCUT2D eigenvalue weighted by molar-refractivity contribution is 6.02. The van der Waals surface area contributed by atoms with Crippen LogP contribution in [0.3, 0.4) is 0 Å². The lowest BCUT2D eigenvalue weighted by Gasteiger charge is -1.97. The molecule has 0 aliphatic heterocycles. The molecule has 1 aromatic carbocycles. The van der Waals surface area contributed by atoms with Crippen LogP contribution in [0.2, 0.25) is 0 Å². The molecular formula is C13H11NO3. The second-order valence-electron chi connectivity index (χ2n) is 3.54. The Bertz CT molecular complexity index is 543. The van der Waals surface area contributed by atoms with E-state index in [0.717, 1.165) is 5.56 Å². The number of carbonyl (C=O) groups excluding carboxylic acids is 2. The number of furan rings is 1. The molecule has 17 heavy (non-hydrogen) atoms. The first-order valence-electron chi connectivity index (χ1n) is 5.14. The van der Waals surface area contributed by atoms with Crippen molar-refractivity contribution < 1.29 is 14.0 Å². The lowest BCUT2D eigenvalue weighted by molar-refractivity contribution is -0.118. The second kappa shape index (κ2) is 4.65. The third-order valence-electron chi connectivity index (χ3n) is 2.18. The summed E-state index contributed by atoms with van der Waals surface area (Å²) < 4.78 is 5.37. The zero-order valence-corrected chi connectivity index (χ0v) is 9.27. The molecule has 4 nitrogen and oxygen atoms in total. The Morgan fingerprint density at radius 3 is 2.41 bits per heavy atom. The minimum Gasteiger partial charge on any atom is -0.451 e. The monoisotopic (exact) mass is 229 g/mol. The SMILES string of the molecule is CC(=O)NC(=O)c1ccc(-c2ccccc2)o1. The molecule has 0 fully saturated rings. The predicted octanol–water partition coefficient (Wildman–Crippen LogP) is 2.22. The molecule has 0 atom stereocenters. The summed E-state index contributed by atoms with van der Waals surface area (Å²) in [4.78, 5) is 22.2. The largest absolute Gasteiger partial charge is 0.451 e. The van der Waals surface area contributed by atoms with Crippen LogP contribution in [-0.2, 0) is 4.79 Å². The maximum Gasteiger partial charge on any atom is 0.293 e. The Morgan fingerprint density at radius 1 is 1.06 bits per heavy atom. The standard InChI is InChI=1S/C13H11NO3/c1-9(15)14-13(16)12-8-7-11(17-12)10-5-3-2-4-6-10/h2-8H,1H3,(H,14,15,16). The summed E-state index contributed by atoms with van der Waals surface area (Å²) in [6, 6.07) is 12.7. The van der Waals surface area contributed by atoms with E-state index in [9.17, 15) is 9.59 Å². The highest BCUT2D eigenvalue weighted by Gasteiger charge is 2.12. The lowest BCUT2D eigenvalue weighted by Crippen LogP contribution is -2.27. The fourth-order valence-electron chi connectivity index (χ4n) is 1.44. The van der Waals surface area contributed by atoms with Crippen molar-refractivity contribution in [1.82, 2.24) is 5.32 Å². The highest BCUT2D eigenvalue weighted by atomic mass is 16.4. The van der Waals surface area contributed by atoms with Gasteiger partial charge in [0, 0.05) is 12.5 Å². The number of carbonyl (C=O) groups is 2. The number of rotatable bonds is 2. The molecule has 2 rings (SSSR count). The van der Waals surface area contributed by atoms with Crippen molar-refractivity contribution in [2.45, 2.75) is 6.92 Å². The van der Waals surface area contributed by atoms with Crippen molar-refractivity contribution in [3.63, 3.8) is 0 Å². The van der Waals surface area contributed by atoms with Crippen LogP contribution >= 0.6 is 0 Å². The van der Waals surface area contributed by atoms with Gasteiger partial charge in [-0.25, -0.2) is 0 Å². The van der Waals surface area contributed by atoms with Gasteiger partial charge in [-0.1, -0.05) is 30.3 Å². The molecule has 1 N–H and O–H groups in total. The third-order valence-corrected chi connectivity index (χ3v) is 2.18. The average Bonchev–Trinajstić information content (AvgIpc) is 2.78. The molecule has 1 heterocycles. The van der Waals surface area contributed by atoms with Crippen LogP contribution in [-0.4, -0.2) is 11.8 Å². The zero-order valence-electron chi connectivity index (χ0n) is 9.27. The number of hydrogen-bond donors (Lipinski definition) is 1. The number of benzene rings is 1. The Hall–Kier alpha value is -2.36. The molecule has 2 amide bonds. The van der Waals surface area contributed by atoms with Crippen LogP contribution < -0.4 is 5.32 Å². The molecule has 1 aromatic heterocycles. The van der Waals surface area contributed by atoms with E-state index in [-0.39, 0.29) is 5.76 Å². The molecule has 0 aliphatic rings. The van der Waals surface area contributed by atoms with Crippen LogP contribution in [0.15, 0.2) is 46.9 Å². The van der Waals surface area contributed by atoms with Gasteiger partial charge in [0.25, 0.3) is 5.91 Å². The van der Waals surface area contributed by atoms with E-state index in [1.54, 1.807) is 12.1 Å². The first kappa shape index (κ1) is 11.1. The molecule has 0 saturated carbocycles. The topological polar surface area (TPSA) is 59.3 Å². The predicted molar refractivity (Wildman–Crippen MR) is 62.3 cm³/mol. The quantitative estimate of drug-likeness (QED) is 0.858. The zero-order chi connectivity index (χ0) is 12.3. The third kappa shape index (κ3) is 2.60. The van der Waals surface area contributed by atoms with Gasteiger partial charge in [0.15, 0.2) is 5.76 Å². The summed E-state index contributed by atoms with van der Waals surface area (Å²) in [6.45, 7) is 1.28. The first-order valence-corrected chi connectivity index (χ1v) is 5.14. The summed E-state index contributed by atoms with van der Waals surface area (Å²) in [6.07, 6.45) is 0. The van der Waals surface area contributed by atoms with Gasteiger partial charge in [-0.3, -0.25) is 14.9 Å². The molecule has 0 radical (unpaired) electrons. The van der Waals surface area contributed by atoms with Gasteiger partial charge in [-0.15, -0.1) is 0 Å². The summed E-state index contributed by atoms with van der Waals surface area (Å²) in [5.41, 5.74) is 0.884. The maximum absolute atomic E-state index is 11.5. The Labute approximate surface area is 98.3 Å². The Morgan fingerprint density at radius 2 is 1.76 bits per heavy atom. The fourth-order valence-corrected chi connectivity index (χ4v) is 1.44. The van der Waals surface area contributed by atoms with E-state index in [1.165, 1.54) is 6.92 Å². The minimum atomic E-state index is -0.528. The molecule has 0 bridgehead atoms. The van der Waals surface area contributed by atoms with Crippen LogP contribution in [0, 0.1) is 0 Å². The molecule has 0 aliphatic carbocycles. The van der Waals surface area contributed by atoms with Gasteiger partial charge in [0.05, 0.1) is 0 Å². The molecule has 0 saturated heterocycles. The smallest absolute Gasteiger partial charge is 0.293 e. The van der Waals surface area contributed by atoms with Gasteiger partial charge in [0.1, 0.15) is 5.76 Å². The van der Waals surface area contributed by atoms with Crippen LogP contribution in [0.25, 0.3) is 11.3 Å². The van der Waals surface area contributed by atoms with E-state index in [2.05, 4.69) is 5.32 Å². The first-order chi connectivity index (χ1) is 8.16. The Kier molecular flexibility index (Phi) is 3.05. The molecule has 2 aromatic rings. The van der Waals surface area contributed by atoms with Crippen LogP contribution in [0.1, 0.15) is 17.5 Å². The summed E-state index contributed by atoms with van der Waals surface area (Å²) in [7, 11) is 0. The molecule has 86 valence electrons. The summed E-state index contributed by atoms with van der Waals surface area (Å²) in [5.74, 6) is -0.217. The van der Waals surface area contributed by atoms with E-state index in [1.807, 2.05) is 30.3 Å². The van der Waals surface area contributed by atoms with Crippen molar-refractivity contribution in [3.8, 4) is 11.3 Å². The van der Waals surface area contributed by atoms with Crippen molar-refractivity contribution >= 4 is 11.8 Å². The fraction of sp³-hybridized carbons (Fsp3) is 0.0769. The van der Waals surface area contributed by atoms with Crippen molar-refractivity contribution in [3.05, 3.63) is 48.2 Å². The van der Waals surface area contributed by atoms with Gasteiger partial charge in [0.2, 0.25) is 5.91 Å². The van der Waals surface area contributed by atoms with Crippen LogP contribution in [0.4, 0.5) is 0 Å². The van der Waals surface area contributed by atoms with E-state index in [0.29, 0.717) is 5.76 Å².